The summed E-state index contributed by atoms with van der Waals surface area (Å²) in [6, 6.07) is 12.1. The quantitative estimate of drug-likeness (QED) is 0.515. The first-order valence-electron chi connectivity index (χ1n) is 8.04. The van der Waals surface area contributed by atoms with Crippen molar-refractivity contribution in [3.05, 3.63) is 52.5 Å². The van der Waals surface area contributed by atoms with Gasteiger partial charge < -0.3 is 14.8 Å². The number of anilines is 1. The Bertz CT molecular complexity index is 868. The Kier molecular flexibility index (Phi) is 7.36. The van der Waals surface area contributed by atoms with Crippen molar-refractivity contribution in [3.63, 3.8) is 0 Å². The number of carbonyl (C=O) groups is 2. The number of benzene rings is 2. The van der Waals surface area contributed by atoms with Crippen LogP contribution in [-0.2, 0) is 4.79 Å². The van der Waals surface area contributed by atoms with Gasteiger partial charge in [-0.25, -0.2) is 5.43 Å². The van der Waals surface area contributed by atoms with Gasteiger partial charge in [0.05, 0.1) is 20.6 Å². The van der Waals surface area contributed by atoms with Gasteiger partial charge in [0.2, 0.25) is 5.91 Å². The number of methoxy groups -OCH3 is 2. The molecule has 0 bridgehead atoms. The lowest BCUT2D eigenvalue weighted by molar-refractivity contribution is -0.115. The van der Waals surface area contributed by atoms with E-state index in [4.69, 9.17) is 9.47 Å². The molecule has 8 heteroatoms. The molecule has 2 aromatic rings. The van der Waals surface area contributed by atoms with Crippen LogP contribution in [0.25, 0.3) is 0 Å². The number of carbonyl (C=O) groups excluding carboxylic acids is 2. The minimum Gasteiger partial charge on any atom is -0.493 e. The van der Waals surface area contributed by atoms with Crippen molar-refractivity contribution >= 4 is 39.1 Å². The first kappa shape index (κ1) is 20.4. The smallest absolute Gasteiger partial charge is 0.271 e. The van der Waals surface area contributed by atoms with E-state index in [1.54, 1.807) is 37.3 Å². The maximum absolute atomic E-state index is 12.2. The van der Waals surface area contributed by atoms with E-state index in [2.05, 4.69) is 31.8 Å². The largest absolute Gasteiger partial charge is 0.493 e. The third-order valence-corrected chi connectivity index (χ3v) is 4.01. The highest BCUT2D eigenvalue weighted by atomic mass is 79.9. The van der Waals surface area contributed by atoms with Crippen LogP contribution in [0.4, 0.5) is 5.69 Å². The van der Waals surface area contributed by atoms with Gasteiger partial charge in [-0.3, -0.25) is 9.59 Å². The number of amides is 2. The summed E-state index contributed by atoms with van der Waals surface area (Å²) in [7, 11) is 3.01. The normalized spacial score (nSPS) is 10.9. The van der Waals surface area contributed by atoms with E-state index in [9.17, 15) is 9.59 Å². The number of halogens is 1. The van der Waals surface area contributed by atoms with Crippen LogP contribution in [0.5, 0.6) is 11.5 Å². The standard InChI is InChI=1S/C19H20BrN3O4/c1-12(9-18(24)21-15-6-4-5-14(20)11-15)22-23-19(25)13-7-8-16(26-2)17(10-13)27-3/h4-8,10-11H,9H2,1-3H3,(H,21,24)(H,23,25)/b22-12+. The Morgan fingerprint density at radius 1 is 1.07 bits per heavy atom. The second-order valence-electron chi connectivity index (χ2n) is 5.59. The van der Waals surface area contributed by atoms with Gasteiger partial charge >= 0.3 is 0 Å². The number of nitrogens with zero attached hydrogens (tertiary/aromatic N) is 1. The Morgan fingerprint density at radius 2 is 1.81 bits per heavy atom. The van der Waals surface area contributed by atoms with Crippen LogP contribution in [0.3, 0.4) is 0 Å². The van der Waals surface area contributed by atoms with Gasteiger partial charge in [-0.1, -0.05) is 22.0 Å². The molecule has 0 fully saturated rings. The SMILES string of the molecule is COc1ccc(C(=O)N/N=C(\C)CC(=O)Nc2cccc(Br)c2)cc1OC. The molecule has 2 N–H and O–H groups in total. The summed E-state index contributed by atoms with van der Waals surface area (Å²) in [4.78, 5) is 24.3. The van der Waals surface area contributed by atoms with E-state index in [-0.39, 0.29) is 12.3 Å². The molecule has 0 saturated carbocycles. The number of hydrogen-bond acceptors (Lipinski definition) is 5. The van der Waals surface area contributed by atoms with Crippen molar-refractivity contribution in [3.8, 4) is 11.5 Å². The van der Waals surface area contributed by atoms with Crippen molar-refractivity contribution < 1.29 is 19.1 Å². The maximum atomic E-state index is 12.2. The van der Waals surface area contributed by atoms with Crippen molar-refractivity contribution in [1.82, 2.24) is 5.43 Å². The Balaban J connectivity index is 1.94. The second kappa shape index (κ2) is 9.72. The molecule has 0 aliphatic rings. The molecule has 142 valence electrons. The minimum absolute atomic E-state index is 0.0543. The summed E-state index contributed by atoms with van der Waals surface area (Å²) in [5.74, 6) is 0.328. The van der Waals surface area contributed by atoms with Crippen LogP contribution in [-0.4, -0.2) is 31.7 Å². The molecular weight excluding hydrogens is 414 g/mol. The van der Waals surface area contributed by atoms with E-state index in [0.29, 0.717) is 28.5 Å². The molecule has 2 amide bonds. The molecular formula is C19H20BrN3O4. The molecule has 7 nitrogen and oxygen atoms in total. The van der Waals surface area contributed by atoms with E-state index < -0.39 is 5.91 Å². The highest BCUT2D eigenvalue weighted by Gasteiger charge is 2.11. The van der Waals surface area contributed by atoms with Crippen LogP contribution in [0.2, 0.25) is 0 Å². The van der Waals surface area contributed by atoms with Gasteiger partial charge in [0.25, 0.3) is 5.91 Å². The molecule has 0 heterocycles. The average Bonchev–Trinajstić information content (AvgIpc) is 2.65. The zero-order chi connectivity index (χ0) is 19.8. The average molecular weight is 434 g/mol. The lowest BCUT2D eigenvalue weighted by Crippen LogP contribution is -2.21. The summed E-state index contributed by atoms with van der Waals surface area (Å²) in [6.07, 6.45) is 0.0543. The number of ether oxygens (including phenoxy) is 2. The fourth-order valence-electron chi connectivity index (χ4n) is 2.23. The fraction of sp³-hybridized carbons (Fsp3) is 0.211. The van der Waals surface area contributed by atoms with E-state index in [1.807, 2.05) is 12.1 Å². The van der Waals surface area contributed by atoms with E-state index in [1.165, 1.54) is 14.2 Å². The van der Waals surface area contributed by atoms with Gasteiger partial charge in [0.15, 0.2) is 11.5 Å². The van der Waals surface area contributed by atoms with Crippen LogP contribution in [0.15, 0.2) is 52.0 Å². The van der Waals surface area contributed by atoms with Gasteiger partial charge in [-0.15, -0.1) is 0 Å². The molecule has 0 atom stereocenters. The first-order valence-corrected chi connectivity index (χ1v) is 8.83. The zero-order valence-electron chi connectivity index (χ0n) is 15.2. The van der Waals surface area contributed by atoms with Gasteiger partial charge in [0.1, 0.15) is 0 Å². The van der Waals surface area contributed by atoms with Crippen LogP contribution in [0, 0.1) is 0 Å². The summed E-state index contributed by atoms with van der Waals surface area (Å²) in [5.41, 5.74) is 3.94. The molecule has 0 saturated heterocycles. The van der Waals surface area contributed by atoms with Crippen molar-refractivity contribution in [2.45, 2.75) is 13.3 Å². The third-order valence-electron chi connectivity index (χ3n) is 3.52. The summed E-state index contributed by atoms with van der Waals surface area (Å²) >= 11 is 3.35. The molecule has 0 spiro atoms. The molecule has 0 aliphatic heterocycles. The maximum Gasteiger partial charge on any atom is 0.271 e. The van der Waals surface area contributed by atoms with Crippen LogP contribution < -0.4 is 20.2 Å². The predicted octanol–water partition coefficient (Wildman–Crippen LogP) is 3.60. The van der Waals surface area contributed by atoms with Crippen LogP contribution >= 0.6 is 15.9 Å². The summed E-state index contributed by atoms with van der Waals surface area (Å²) in [6.45, 7) is 1.66. The topological polar surface area (TPSA) is 89.0 Å². The van der Waals surface area contributed by atoms with E-state index >= 15 is 0 Å². The highest BCUT2D eigenvalue weighted by Crippen LogP contribution is 2.27. The fourth-order valence-corrected chi connectivity index (χ4v) is 2.63. The van der Waals surface area contributed by atoms with Crippen molar-refractivity contribution in [2.75, 3.05) is 19.5 Å². The summed E-state index contributed by atoms with van der Waals surface area (Å²) < 4.78 is 11.2. The van der Waals surface area contributed by atoms with E-state index in [0.717, 1.165) is 4.47 Å². The van der Waals surface area contributed by atoms with Gasteiger partial charge in [-0.2, -0.15) is 5.10 Å². The predicted molar refractivity (Wildman–Crippen MR) is 108 cm³/mol. The van der Waals surface area contributed by atoms with Gasteiger partial charge in [0, 0.05) is 21.4 Å². The minimum atomic E-state index is -0.414. The number of hydrazone groups is 1. The molecule has 0 aliphatic carbocycles. The second-order valence-corrected chi connectivity index (χ2v) is 6.51. The Hall–Kier alpha value is -2.87. The molecule has 0 radical (unpaired) electrons. The number of hydrogen-bond donors (Lipinski definition) is 2. The monoisotopic (exact) mass is 433 g/mol. The molecule has 2 aromatic carbocycles. The Morgan fingerprint density at radius 3 is 2.48 bits per heavy atom. The molecule has 2 rings (SSSR count). The summed E-state index contributed by atoms with van der Waals surface area (Å²) in [5, 5.41) is 6.74. The van der Waals surface area contributed by atoms with Crippen molar-refractivity contribution in [1.29, 1.82) is 0 Å². The molecule has 0 unspecified atom stereocenters. The first-order chi connectivity index (χ1) is 12.9. The number of nitrogens with one attached hydrogen (secondary N) is 2. The molecule has 0 aromatic heterocycles. The lowest BCUT2D eigenvalue weighted by Gasteiger charge is -2.09. The highest BCUT2D eigenvalue weighted by molar-refractivity contribution is 9.10. The van der Waals surface area contributed by atoms with Gasteiger partial charge in [-0.05, 0) is 43.3 Å². The van der Waals surface area contributed by atoms with Crippen LogP contribution in [0.1, 0.15) is 23.7 Å². The Labute approximate surface area is 165 Å². The lowest BCUT2D eigenvalue weighted by atomic mass is 10.2. The molecule has 27 heavy (non-hydrogen) atoms. The zero-order valence-corrected chi connectivity index (χ0v) is 16.8. The third kappa shape index (κ3) is 6.10. The van der Waals surface area contributed by atoms with Crippen molar-refractivity contribution in [2.24, 2.45) is 5.10 Å². The number of rotatable bonds is 7.